The number of hydrogen-bond acceptors (Lipinski definition) is 2. The molecular formula is C16H25N3O. The number of hydrogen-bond donors (Lipinski definition) is 1. The van der Waals surface area contributed by atoms with Crippen LogP contribution >= 0.6 is 0 Å². The smallest absolute Gasteiger partial charge is 0.193 e. The van der Waals surface area contributed by atoms with Crippen molar-refractivity contribution in [3.8, 4) is 0 Å². The number of methoxy groups -OCH3 is 1. The van der Waals surface area contributed by atoms with Gasteiger partial charge >= 0.3 is 0 Å². The highest BCUT2D eigenvalue weighted by Gasteiger charge is 2.24. The number of nitrogens with zero attached hydrogens (tertiary/aromatic N) is 2. The molecule has 1 aliphatic heterocycles. The van der Waals surface area contributed by atoms with E-state index in [0.717, 1.165) is 38.6 Å². The fraction of sp³-hybridized carbons (Fsp3) is 0.562. The number of benzene rings is 1. The van der Waals surface area contributed by atoms with Crippen LogP contribution in [0.3, 0.4) is 0 Å². The summed E-state index contributed by atoms with van der Waals surface area (Å²) in [7, 11) is 3.63. The lowest BCUT2D eigenvalue weighted by atomic mass is 10.1. The van der Waals surface area contributed by atoms with E-state index in [0.29, 0.717) is 5.92 Å². The second-order valence-corrected chi connectivity index (χ2v) is 5.27. The van der Waals surface area contributed by atoms with Gasteiger partial charge in [0.05, 0.1) is 6.61 Å². The van der Waals surface area contributed by atoms with Gasteiger partial charge in [0.25, 0.3) is 0 Å². The van der Waals surface area contributed by atoms with E-state index in [1.54, 1.807) is 7.11 Å². The van der Waals surface area contributed by atoms with Crippen molar-refractivity contribution in [1.82, 2.24) is 10.2 Å². The van der Waals surface area contributed by atoms with E-state index >= 15 is 0 Å². The predicted molar refractivity (Wildman–Crippen MR) is 83.1 cm³/mol. The maximum Gasteiger partial charge on any atom is 0.193 e. The Morgan fingerprint density at radius 2 is 2.20 bits per heavy atom. The van der Waals surface area contributed by atoms with Crippen LogP contribution in [0.2, 0.25) is 0 Å². The number of rotatable bonds is 5. The van der Waals surface area contributed by atoms with Crippen molar-refractivity contribution >= 4 is 5.96 Å². The molecule has 0 spiro atoms. The summed E-state index contributed by atoms with van der Waals surface area (Å²) in [5.41, 5.74) is 1.36. The summed E-state index contributed by atoms with van der Waals surface area (Å²) in [6, 6.07) is 10.5. The highest BCUT2D eigenvalue weighted by atomic mass is 16.5. The molecule has 0 saturated carbocycles. The number of guanidine groups is 1. The Hall–Kier alpha value is -1.55. The second kappa shape index (κ2) is 7.90. The first-order chi connectivity index (χ1) is 9.83. The average molecular weight is 275 g/mol. The van der Waals surface area contributed by atoms with Gasteiger partial charge in [0, 0.05) is 39.7 Å². The topological polar surface area (TPSA) is 36.9 Å². The molecule has 2 rings (SSSR count). The van der Waals surface area contributed by atoms with E-state index in [2.05, 4.69) is 45.5 Å². The first-order valence-corrected chi connectivity index (χ1v) is 7.32. The Morgan fingerprint density at radius 3 is 2.90 bits per heavy atom. The van der Waals surface area contributed by atoms with Gasteiger partial charge < -0.3 is 15.0 Å². The Morgan fingerprint density at radius 1 is 1.40 bits per heavy atom. The molecule has 0 bridgehead atoms. The quantitative estimate of drug-likeness (QED) is 0.657. The molecule has 4 heteroatoms. The molecule has 0 amide bonds. The zero-order chi connectivity index (χ0) is 14.2. The minimum absolute atomic E-state index is 0.632. The predicted octanol–water partition coefficient (Wildman–Crippen LogP) is 1.77. The van der Waals surface area contributed by atoms with Crippen LogP contribution < -0.4 is 5.32 Å². The van der Waals surface area contributed by atoms with E-state index in [1.807, 2.05) is 7.05 Å². The van der Waals surface area contributed by atoms with Gasteiger partial charge in [-0.15, -0.1) is 0 Å². The first-order valence-electron chi connectivity index (χ1n) is 7.32. The molecule has 1 unspecified atom stereocenters. The van der Waals surface area contributed by atoms with E-state index < -0.39 is 0 Å². The van der Waals surface area contributed by atoms with Gasteiger partial charge in [0.15, 0.2) is 5.96 Å². The average Bonchev–Trinajstić information content (AvgIpc) is 2.94. The van der Waals surface area contributed by atoms with Crippen molar-refractivity contribution in [3.63, 3.8) is 0 Å². The van der Waals surface area contributed by atoms with Gasteiger partial charge in [0.2, 0.25) is 0 Å². The van der Waals surface area contributed by atoms with Crippen molar-refractivity contribution in [3.05, 3.63) is 35.9 Å². The lowest BCUT2D eigenvalue weighted by Gasteiger charge is -2.21. The zero-order valence-electron chi connectivity index (χ0n) is 12.5. The molecule has 20 heavy (non-hydrogen) atoms. The molecule has 110 valence electrons. The minimum Gasteiger partial charge on any atom is -0.384 e. The highest BCUT2D eigenvalue weighted by molar-refractivity contribution is 5.80. The largest absolute Gasteiger partial charge is 0.384 e. The lowest BCUT2D eigenvalue weighted by Crippen LogP contribution is -2.41. The van der Waals surface area contributed by atoms with Gasteiger partial charge in [-0.1, -0.05) is 30.3 Å². The third kappa shape index (κ3) is 4.23. The standard InChI is InChI=1S/C16H25N3O/c1-17-16(19-11-9-15(12-19)13-20-2)18-10-8-14-6-4-3-5-7-14/h3-7,15H,8-13H2,1-2H3,(H,17,18). The van der Waals surface area contributed by atoms with Crippen LogP contribution in [0.25, 0.3) is 0 Å². The van der Waals surface area contributed by atoms with Crippen LogP contribution in [0.1, 0.15) is 12.0 Å². The molecule has 1 aliphatic rings. The summed E-state index contributed by atoms with van der Waals surface area (Å²) in [5.74, 6) is 1.65. The SMILES string of the molecule is CN=C(NCCc1ccccc1)N1CCC(COC)C1. The zero-order valence-corrected chi connectivity index (χ0v) is 12.5. The van der Waals surface area contributed by atoms with Crippen molar-refractivity contribution in [1.29, 1.82) is 0 Å². The molecule has 4 nitrogen and oxygen atoms in total. The molecule has 1 atom stereocenters. The van der Waals surface area contributed by atoms with Crippen LogP contribution in [0.4, 0.5) is 0 Å². The van der Waals surface area contributed by atoms with Crippen molar-refractivity contribution < 1.29 is 4.74 Å². The third-order valence-electron chi connectivity index (χ3n) is 3.74. The van der Waals surface area contributed by atoms with Crippen LogP contribution in [0.15, 0.2) is 35.3 Å². The molecule has 0 aromatic heterocycles. The number of aliphatic imine (C=N–C) groups is 1. The van der Waals surface area contributed by atoms with E-state index in [1.165, 1.54) is 12.0 Å². The molecule has 1 heterocycles. The maximum absolute atomic E-state index is 5.24. The summed E-state index contributed by atoms with van der Waals surface area (Å²) in [4.78, 5) is 6.71. The molecule has 1 N–H and O–H groups in total. The molecule has 0 aliphatic carbocycles. The summed E-state index contributed by atoms with van der Waals surface area (Å²) < 4.78 is 5.24. The Labute approximate surface area is 121 Å². The van der Waals surface area contributed by atoms with Crippen LogP contribution in [0.5, 0.6) is 0 Å². The lowest BCUT2D eigenvalue weighted by molar-refractivity contribution is 0.157. The normalized spacial score (nSPS) is 19.4. The molecule has 1 saturated heterocycles. The van der Waals surface area contributed by atoms with Crippen molar-refractivity contribution in [2.24, 2.45) is 10.9 Å². The van der Waals surface area contributed by atoms with Crippen LogP contribution in [0, 0.1) is 5.92 Å². The fourth-order valence-corrected chi connectivity index (χ4v) is 2.69. The monoisotopic (exact) mass is 275 g/mol. The molecule has 1 aromatic carbocycles. The fourth-order valence-electron chi connectivity index (χ4n) is 2.69. The van der Waals surface area contributed by atoms with E-state index in [4.69, 9.17) is 4.74 Å². The van der Waals surface area contributed by atoms with Gasteiger partial charge in [-0.2, -0.15) is 0 Å². The van der Waals surface area contributed by atoms with Crippen molar-refractivity contribution in [2.45, 2.75) is 12.8 Å². The Kier molecular flexibility index (Phi) is 5.87. The minimum atomic E-state index is 0.632. The molecule has 1 aromatic rings. The number of ether oxygens (including phenoxy) is 1. The molecule has 1 fully saturated rings. The highest BCUT2D eigenvalue weighted by Crippen LogP contribution is 2.16. The van der Waals surface area contributed by atoms with Crippen LogP contribution in [-0.4, -0.2) is 51.3 Å². The van der Waals surface area contributed by atoms with Crippen molar-refractivity contribution in [2.75, 3.05) is 40.4 Å². The number of likely N-dealkylation sites (tertiary alicyclic amines) is 1. The van der Waals surface area contributed by atoms with Gasteiger partial charge in [-0.25, -0.2) is 0 Å². The van der Waals surface area contributed by atoms with E-state index in [-0.39, 0.29) is 0 Å². The Bertz CT molecular complexity index is 419. The summed E-state index contributed by atoms with van der Waals surface area (Å²) >= 11 is 0. The van der Waals surface area contributed by atoms with Gasteiger partial charge in [-0.3, -0.25) is 4.99 Å². The Balaban J connectivity index is 1.76. The summed E-state index contributed by atoms with van der Waals surface area (Å²) in [6.07, 6.45) is 2.21. The van der Waals surface area contributed by atoms with Crippen LogP contribution in [-0.2, 0) is 11.2 Å². The van der Waals surface area contributed by atoms with E-state index in [9.17, 15) is 0 Å². The molecular weight excluding hydrogens is 250 g/mol. The summed E-state index contributed by atoms with van der Waals surface area (Å²) in [5, 5.41) is 3.46. The molecule has 0 radical (unpaired) electrons. The second-order valence-electron chi connectivity index (χ2n) is 5.27. The summed E-state index contributed by atoms with van der Waals surface area (Å²) in [6.45, 7) is 3.87. The van der Waals surface area contributed by atoms with Gasteiger partial charge in [0.1, 0.15) is 0 Å². The first kappa shape index (κ1) is 14.9. The maximum atomic E-state index is 5.24. The van der Waals surface area contributed by atoms with Gasteiger partial charge in [-0.05, 0) is 18.4 Å². The third-order valence-corrected chi connectivity index (χ3v) is 3.74. The number of nitrogens with one attached hydrogen (secondary N) is 1.